The van der Waals surface area contributed by atoms with Crippen molar-refractivity contribution < 1.29 is 43.8 Å². The minimum atomic E-state index is -4.76. The summed E-state index contributed by atoms with van der Waals surface area (Å²) in [4.78, 5) is 41.2. The number of nitrogens with one attached hydrogen (secondary N) is 1. The van der Waals surface area contributed by atoms with Crippen molar-refractivity contribution >= 4 is 19.7 Å². The normalized spacial score (nSPS) is 15.0. The van der Waals surface area contributed by atoms with Gasteiger partial charge in [0.1, 0.15) is 6.04 Å². The molecule has 160 valence electrons. The Kier molecular flexibility index (Phi) is 7.26. The van der Waals surface area contributed by atoms with Gasteiger partial charge >= 0.3 is 13.8 Å². The van der Waals surface area contributed by atoms with E-state index in [1.54, 1.807) is 0 Å². The van der Waals surface area contributed by atoms with E-state index in [9.17, 15) is 29.5 Å². The molecule has 1 aromatic rings. The number of nitrogens with two attached hydrogens (primary N) is 1. The van der Waals surface area contributed by atoms with Crippen molar-refractivity contribution in [1.82, 2.24) is 5.32 Å². The maximum absolute atomic E-state index is 12.3. The molecule has 0 saturated heterocycles. The monoisotopic (exact) mass is 438 g/mol. The Hall–Kier alpha value is -3.29. The second-order valence-electron chi connectivity index (χ2n) is 6.29. The van der Waals surface area contributed by atoms with Crippen molar-refractivity contribution in [3.8, 4) is 11.5 Å². The van der Waals surface area contributed by atoms with Gasteiger partial charge in [-0.1, -0.05) is 11.8 Å². The molecule has 2 atom stereocenters. The fourth-order valence-electron chi connectivity index (χ4n) is 2.44. The zero-order valence-electron chi connectivity index (χ0n) is 15.3. The van der Waals surface area contributed by atoms with Crippen LogP contribution in [-0.2, 0) is 25.1 Å². The van der Waals surface area contributed by atoms with Crippen LogP contribution in [0.3, 0.4) is 0 Å². The van der Waals surface area contributed by atoms with Gasteiger partial charge in [-0.05, 0) is 42.0 Å². The first kappa shape index (κ1) is 23.0. The molecule has 2 rings (SSSR count). The molecule has 1 aliphatic rings. The lowest BCUT2D eigenvalue weighted by molar-refractivity contribution is -0.141. The van der Waals surface area contributed by atoms with Gasteiger partial charge in [-0.25, -0.2) is 9.36 Å². The third-order valence-electron chi connectivity index (χ3n) is 3.87. The van der Waals surface area contributed by atoms with Crippen molar-refractivity contribution in [2.45, 2.75) is 24.9 Å². The number of amides is 1. The predicted octanol–water partition coefficient (Wildman–Crippen LogP) is 0.171. The summed E-state index contributed by atoms with van der Waals surface area (Å²) >= 11 is 0. The van der Waals surface area contributed by atoms with Gasteiger partial charge in [0.05, 0.1) is 6.04 Å². The van der Waals surface area contributed by atoms with Gasteiger partial charge in [-0.2, -0.15) is 0 Å². The molecular formula is C18H19N2O9P. The van der Waals surface area contributed by atoms with Gasteiger partial charge in [-0.3, -0.25) is 14.6 Å². The number of aromatic hydroxyl groups is 2. The van der Waals surface area contributed by atoms with E-state index in [1.165, 1.54) is 30.4 Å². The quantitative estimate of drug-likeness (QED) is 0.158. The Labute approximate surface area is 170 Å². The van der Waals surface area contributed by atoms with Crippen LogP contribution in [0.15, 0.2) is 53.1 Å². The third-order valence-corrected chi connectivity index (χ3v) is 4.30. The number of hydrogen-bond acceptors (Lipinski definition) is 7. The smallest absolute Gasteiger partial charge is 0.504 e. The lowest BCUT2D eigenvalue weighted by Crippen LogP contribution is -2.49. The van der Waals surface area contributed by atoms with Crippen LogP contribution in [0.1, 0.15) is 12.0 Å². The maximum Gasteiger partial charge on any atom is 0.525 e. The molecule has 0 radical (unpaired) electrons. The van der Waals surface area contributed by atoms with Crippen LogP contribution in [0.25, 0.3) is 0 Å². The number of phosphoric acid groups is 1. The van der Waals surface area contributed by atoms with Crippen molar-refractivity contribution in [3.63, 3.8) is 0 Å². The molecule has 11 nitrogen and oxygen atoms in total. The molecule has 8 N–H and O–H groups in total. The molecule has 0 bridgehead atoms. The van der Waals surface area contributed by atoms with Gasteiger partial charge in [0.2, 0.25) is 5.91 Å². The lowest BCUT2D eigenvalue weighted by atomic mass is 10.0. The summed E-state index contributed by atoms with van der Waals surface area (Å²) in [5.74, 6) is -3.06. The molecule has 1 amide bonds. The van der Waals surface area contributed by atoms with E-state index < -0.39 is 31.8 Å². The Morgan fingerprint density at radius 1 is 1.13 bits per heavy atom. The molecular weight excluding hydrogens is 419 g/mol. The number of phosphoric ester groups is 1. The second kappa shape index (κ2) is 9.47. The first-order valence-corrected chi connectivity index (χ1v) is 9.95. The van der Waals surface area contributed by atoms with Gasteiger partial charge in [-0.15, -0.1) is 0 Å². The lowest BCUT2D eigenvalue weighted by Gasteiger charge is -2.18. The fraction of sp³-hybridized carbons (Fsp3) is 0.222. The van der Waals surface area contributed by atoms with Crippen LogP contribution >= 0.6 is 7.82 Å². The van der Waals surface area contributed by atoms with Crippen LogP contribution in [0, 0.1) is 0 Å². The molecule has 0 aliphatic heterocycles. The molecule has 0 spiro atoms. The SMILES string of the molecule is N[C@@H](Cc1ccc(O)c(O)c1)C(=O)N[C@@H](CC1=C=C=C(OP(=O)(O)O)C=C1)C(=O)O. The van der Waals surface area contributed by atoms with Crippen LogP contribution in [0.2, 0.25) is 0 Å². The Balaban J connectivity index is 2.05. The molecule has 12 heteroatoms. The highest BCUT2D eigenvalue weighted by Crippen LogP contribution is 2.39. The molecule has 1 aromatic carbocycles. The summed E-state index contributed by atoms with van der Waals surface area (Å²) in [5.41, 5.74) is 11.4. The van der Waals surface area contributed by atoms with Crippen LogP contribution in [0.5, 0.6) is 11.5 Å². The molecule has 0 saturated carbocycles. The summed E-state index contributed by atoms with van der Waals surface area (Å²) in [7, 11) is -4.76. The molecule has 0 fully saturated rings. The number of phenols is 2. The number of carbonyl (C=O) groups is 2. The minimum absolute atomic E-state index is 0.0136. The average molecular weight is 438 g/mol. The molecule has 0 heterocycles. The number of hydrogen-bond donors (Lipinski definition) is 7. The van der Waals surface area contributed by atoms with E-state index in [4.69, 9.17) is 15.5 Å². The summed E-state index contributed by atoms with van der Waals surface area (Å²) < 4.78 is 15.1. The summed E-state index contributed by atoms with van der Waals surface area (Å²) in [5, 5.41) is 30.5. The third kappa shape index (κ3) is 6.95. The highest BCUT2D eigenvalue weighted by atomic mass is 31.2. The maximum atomic E-state index is 12.3. The number of carboxylic acids is 1. The number of benzene rings is 1. The van der Waals surface area contributed by atoms with Gasteiger partial charge in [0.25, 0.3) is 0 Å². The van der Waals surface area contributed by atoms with Crippen molar-refractivity contribution in [3.05, 3.63) is 58.7 Å². The number of carboxylic acid groups (broad SMARTS) is 1. The average Bonchev–Trinajstić information content (AvgIpc) is 2.64. The van der Waals surface area contributed by atoms with Gasteiger partial charge < -0.3 is 30.9 Å². The Morgan fingerprint density at radius 2 is 1.83 bits per heavy atom. The van der Waals surface area contributed by atoms with Crippen molar-refractivity contribution in [1.29, 1.82) is 0 Å². The van der Waals surface area contributed by atoms with Crippen molar-refractivity contribution in [2.75, 3.05) is 0 Å². The number of carbonyl (C=O) groups excluding carboxylic acids is 1. The van der Waals surface area contributed by atoms with E-state index in [-0.39, 0.29) is 35.7 Å². The summed E-state index contributed by atoms with van der Waals surface area (Å²) in [6.45, 7) is 0. The summed E-state index contributed by atoms with van der Waals surface area (Å²) in [6, 6.07) is 1.47. The molecule has 30 heavy (non-hydrogen) atoms. The van der Waals surface area contributed by atoms with Crippen molar-refractivity contribution in [2.24, 2.45) is 5.73 Å². The number of rotatable bonds is 9. The Bertz CT molecular complexity index is 1030. The highest BCUT2D eigenvalue weighted by Gasteiger charge is 2.25. The zero-order valence-corrected chi connectivity index (χ0v) is 16.2. The highest BCUT2D eigenvalue weighted by molar-refractivity contribution is 7.46. The van der Waals surface area contributed by atoms with E-state index in [0.29, 0.717) is 5.56 Å². The van der Waals surface area contributed by atoms with Crippen LogP contribution in [-0.4, -0.2) is 49.1 Å². The van der Waals surface area contributed by atoms with Crippen LogP contribution in [0.4, 0.5) is 0 Å². The second-order valence-corrected chi connectivity index (χ2v) is 7.46. The predicted molar refractivity (Wildman–Crippen MR) is 102 cm³/mol. The molecule has 0 unspecified atom stereocenters. The number of aliphatic carboxylic acids is 1. The van der Waals surface area contributed by atoms with E-state index in [1.807, 2.05) is 0 Å². The standard InChI is InChI=1S/C18H19N2O9P/c19-13(7-11-3-6-15(21)16(22)9-11)17(23)20-14(18(24)25)8-10-1-4-12(5-2-10)29-30(26,27)28/h1,3-4,6,9,13-14,21-22H,7-8,19H2,(H,20,23)(H,24,25)(H2,26,27,28)/t13-,14-/m0/s1. The van der Waals surface area contributed by atoms with Gasteiger partial charge in [0, 0.05) is 12.0 Å². The van der Waals surface area contributed by atoms with Crippen LogP contribution < -0.4 is 11.1 Å². The first-order chi connectivity index (χ1) is 13.9. The first-order valence-electron chi connectivity index (χ1n) is 8.42. The molecule has 0 aromatic heterocycles. The van der Waals surface area contributed by atoms with E-state index in [2.05, 4.69) is 21.3 Å². The van der Waals surface area contributed by atoms with E-state index >= 15 is 0 Å². The fourth-order valence-corrected chi connectivity index (χ4v) is 2.81. The van der Waals surface area contributed by atoms with E-state index in [0.717, 1.165) is 0 Å². The topological polar surface area (TPSA) is 200 Å². The minimum Gasteiger partial charge on any atom is -0.504 e. The zero-order chi connectivity index (χ0) is 22.5. The number of phenolic OH excluding ortho intramolecular Hbond substituents is 2. The summed E-state index contributed by atoms with van der Waals surface area (Å²) in [6.07, 6.45) is 2.29. The number of allylic oxidation sites excluding steroid dienone is 2. The Morgan fingerprint density at radius 3 is 2.37 bits per heavy atom. The molecule has 1 aliphatic carbocycles. The largest absolute Gasteiger partial charge is 0.525 e. The van der Waals surface area contributed by atoms with Gasteiger partial charge in [0.15, 0.2) is 17.3 Å².